The van der Waals surface area contributed by atoms with Crippen molar-refractivity contribution in [1.29, 1.82) is 0 Å². The molecule has 21 heavy (non-hydrogen) atoms. The Morgan fingerprint density at radius 3 is 2.67 bits per heavy atom. The Balaban J connectivity index is 2.24. The normalized spacial score (nSPS) is 11.0. The molecule has 0 bridgehead atoms. The maximum Gasteiger partial charge on any atom is 0.135 e. The van der Waals surface area contributed by atoms with Gasteiger partial charge in [0.2, 0.25) is 0 Å². The lowest BCUT2D eigenvalue weighted by Gasteiger charge is -2.19. The van der Waals surface area contributed by atoms with Gasteiger partial charge in [0.25, 0.3) is 0 Å². The summed E-state index contributed by atoms with van der Waals surface area (Å²) in [5, 5.41) is 7.47. The van der Waals surface area contributed by atoms with Gasteiger partial charge in [-0.3, -0.25) is 4.68 Å². The zero-order valence-electron chi connectivity index (χ0n) is 13.5. The van der Waals surface area contributed by atoms with Gasteiger partial charge < -0.3 is 10.2 Å². The van der Waals surface area contributed by atoms with Gasteiger partial charge in [-0.2, -0.15) is 5.10 Å². The second-order valence-electron chi connectivity index (χ2n) is 5.53. The zero-order valence-corrected chi connectivity index (χ0v) is 13.5. The van der Waals surface area contributed by atoms with E-state index < -0.39 is 0 Å². The number of hydrogen-bond donors (Lipinski definition) is 1. The lowest BCUT2D eigenvalue weighted by molar-refractivity contribution is 0.760. The molecule has 0 spiro atoms. The van der Waals surface area contributed by atoms with Gasteiger partial charge in [0.15, 0.2) is 0 Å². The third-order valence-electron chi connectivity index (χ3n) is 3.17. The SMILES string of the molecule is CCNc1cc(N(C)Cc2cnn(C)c2)nc(C(C)C)n1. The van der Waals surface area contributed by atoms with E-state index >= 15 is 0 Å². The van der Waals surface area contributed by atoms with Crippen molar-refractivity contribution in [2.45, 2.75) is 33.2 Å². The number of rotatable bonds is 6. The molecule has 6 nitrogen and oxygen atoms in total. The van der Waals surface area contributed by atoms with Crippen LogP contribution in [0.15, 0.2) is 18.5 Å². The van der Waals surface area contributed by atoms with Crippen LogP contribution in [0.4, 0.5) is 11.6 Å². The molecule has 2 heterocycles. The smallest absolute Gasteiger partial charge is 0.135 e. The minimum Gasteiger partial charge on any atom is -0.370 e. The van der Waals surface area contributed by atoms with Crippen molar-refractivity contribution in [3.05, 3.63) is 29.8 Å². The van der Waals surface area contributed by atoms with Crippen LogP contribution in [0, 0.1) is 0 Å². The molecule has 0 unspecified atom stereocenters. The summed E-state index contributed by atoms with van der Waals surface area (Å²) in [6.07, 6.45) is 3.90. The molecular weight excluding hydrogens is 264 g/mol. The number of nitrogens with zero attached hydrogens (tertiary/aromatic N) is 5. The van der Waals surface area contributed by atoms with Gasteiger partial charge in [0, 0.05) is 50.9 Å². The van der Waals surface area contributed by atoms with Gasteiger partial charge in [0.05, 0.1) is 6.20 Å². The van der Waals surface area contributed by atoms with Crippen LogP contribution in [-0.2, 0) is 13.6 Å². The summed E-state index contributed by atoms with van der Waals surface area (Å²) in [4.78, 5) is 11.3. The third kappa shape index (κ3) is 3.93. The topological polar surface area (TPSA) is 58.9 Å². The van der Waals surface area contributed by atoms with Crippen LogP contribution < -0.4 is 10.2 Å². The summed E-state index contributed by atoms with van der Waals surface area (Å²) in [6, 6.07) is 1.99. The second-order valence-corrected chi connectivity index (χ2v) is 5.53. The van der Waals surface area contributed by atoms with Crippen LogP contribution in [0.25, 0.3) is 0 Å². The second kappa shape index (κ2) is 6.56. The summed E-state index contributed by atoms with van der Waals surface area (Å²) >= 11 is 0. The highest BCUT2D eigenvalue weighted by Gasteiger charge is 2.11. The summed E-state index contributed by atoms with van der Waals surface area (Å²) in [5.74, 6) is 2.97. The Morgan fingerprint density at radius 2 is 2.10 bits per heavy atom. The van der Waals surface area contributed by atoms with Crippen molar-refractivity contribution in [1.82, 2.24) is 19.7 Å². The molecular formula is C15H24N6. The van der Waals surface area contributed by atoms with Gasteiger partial charge in [-0.25, -0.2) is 9.97 Å². The molecule has 0 saturated carbocycles. The minimum atomic E-state index is 0.300. The Kier molecular flexibility index (Phi) is 4.77. The van der Waals surface area contributed by atoms with E-state index in [1.807, 2.05) is 37.2 Å². The minimum absolute atomic E-state index is 0.300. The van der Waals surface area contributed by atoms with E-state index in [-0.39, 0.29) is 0 Å². The predicted molar refractivity (Wildman–Crippen MR) is 85.6 cm³/mol. The number of hydrogen-bond acceptors (Lipinski definition) is 5. The molecule has 1 N–H and O–H groups in total. The molecule has 0 radical (unpaired) electrons. The molecule has 0 saturated heterocycles. The maximum atomic E-state index is 4.67. The summed E-state index contributed by atoms with van der Waals surface area (Å²) < 4.78 is 1.81. The summed E-state index contributed by atoms with van der Waals surface area (Å²) in [5.41, 5.74) is 1.16. The Morgan fingerprint density at radius 1 is 1.33 bits per heavy atom. The molecule has 2 aromatic heterocycles. The standard InChI is InChI=1S/C15H24N6/c1-6-16-13-7-14(19-15(18-13)11(2)3)20(4)9-12-8-17-21(5)10-12/h7-8,10-11H,6,9H2,1-5H3,(H,16,18,19). The van der Waals surface area contributed by atoms with E-state index in [0.717, 1.165) is 36.1 Å². The molecule has 0 amide bonds. The fraction of sp³-hybridized carbons (Fsp3) is 0.533. The number of aryl methyl sites for hydroxylation is 1. The summed E-state index contributed by atoms with van der Waals surface area (Å²) in [7, 11) is 3.96. The van der Waals surface area contributed by atoms with Crippen molar-refractivity contribution >= 4 is 11.6 Å². The first-order valence-corrected chi connectivity index (χ1v) is 7.31. The third-order valence-corrected chi connectivity index (χ3v) is 3.17. The van der Waals surface area contributed by atoms with Crippen molar-refractivity contribution in [2.75, 3.05) is 23.8 Å². The zero-order chi connectivity index (χ0) is 15.4. The first-order chi connectivity index (χ1) is 9.99. The largest absolute Gasteiger partial charge is 0.370 e. The Labute approximate surface area is 126 Å². The molecule has 114 valence electrons. The van der Waals surface area contributed by atoms with E-state index in [1.165, 1.54) is 0 Å². The van der Waals surface area contributed by atoms with E-state index in [0.29, 0.717) is 5.92 Å². The van der Waals surface area contributed by atoms with E-state index in [4.69, 9.17) is 0 Å². The van der Waals surface area contributed by atoms with E-state index in [9.17, 15) is 0 Å². The van der Waals surface area contributed by atoms with Crippen LogP contribution in [0.2, 0.25) is 0 Å². The average Bonchev–Trinajstić information content (AvgIpc) is 2.84. The van der Waals surface area contributed by atoms with Gasteiger partial charge in [-0.15, -0.1) is 0 Å². The molecule has 0 atom stereocenters. The lowest BCUT2D eigenvalue weighted by atomic mass is 10.2. The van der Waals surface area contributed by atoms with Crippen LogP contribution in [0.3, 0.4) is 0 Å². The highest BCUT2D eigenvalue weighted by atomic mass is 15.2. The number of anilines is 2. The van der Waals surface area contributed by atoms with Crippen molar-refractivity contribution in [3.63, 3.8) is 0 Å². The van der Waals surface area contributed by atoms with Crippen molar-refractivity contribution in [3.8, 4) is 0 Å². The highest BCUT2D eigenvalue weighted by molar-refractivity contribution is 5.49. The first-order valence-electron chi connectivity index (χ1n) is 7.31. The highest BCUT2D eigenvalue weighted by Crippen LogP contribution is 2.20. The van der Waals surface area contributed by atoms with Gasteiger partial charge >= 0.3 is 0 Å². The number of aromatic nitrogens is 4. The number of nitrogens with one attached hydrogen (secondary N) is 1. The monoisotopic (exact) mass is 288 g/mol. The molecule has 0 aliphatic carbocycles. The quantitative estimate of drug-likeness (QED) is 0.884. The van der Waals surface area contributed by atoms with Gasteiger partial charge in [0.1, 0.15) is 17.5 Å². The average molecular weight is 288 g/mol. The van der Waals surface area contributed by atoms with E-state index in [2.05, 4.69) is 46.1 Å². The maximum absolute atomic E-state index is 4.67. The van der Waals surface area contributed by atoms with Gasteiger partial charge in [-0.1, -0.05) is 13.8 Å². The molecule has 0 aromatic carbocycles. The van der Waals surface area contributed by atoms with Crippen molar-refractivity contribution in [2.24, 2.45) is 7.05 Å². The fourth-order valence-electron chi connectivity index (χ4n) is 2.09. The fourth-order valence-corrected chi connectivity index (χ4v) is 2.09. The molecule has 2 aromatic rings. The van der Waals surface area contributed by atoms with Crippen LogP contribution in [0.5, 0.6) is 0 Å². The molecule has 2 rings (SSSR count). The van der Waals surface area contributed by atoms with E-state index in [1.54, 1.807) is 0 Å². The van der Waals surface area contributed by atoms with Crippen LogP contribution >= 0.6 is 0 Å². The first kappa shape index (κ1) is 15.3. The molecule has 6 heteroatoms. The molecule has 0 aliphatic heterocycles. The Bertz CT molecular complexity index is 590. The Hall–Kier alpha value is -2.11. The van der Waals surface area contributed by atoms with Crippen molar-refractivity contribution < 1.29 is 0 Å². The molecule has 0 aliphatic rings. The lowest BCUT2D eigenvalue weighted by Crippen LogP contribution is -2.19. The van der Waals surface area contributed by atoms with Crippen LogP contribution in [-0.4, -0.2) is 33.3 Å². The predicted octanol–water partition coefficient (Wildman–Crippen LogP) is 2.40. The molecule has 0 fully saturated rings. The van der Waals surface area contributed by atoms with Crippen LogP contribution in [0.1, 0.15) is 38.1 Å². The van der Waals surface area contributed by atoms with Gasteiger partial charge in [-0.05, 0) is 6.92 Å². The summed E-state index contributed by atoms with van der Waals surface area (Å²) in [6.45, 7) is 7.90.